The quantitative estimate of drug-likeness (QED) is 0.579. The minimum Gasteiger partial charge on any atom is -0.193 e. The molecule has 1 fully saturated rings. The third kappa shape index (κ3) is 2.00. The van der Waals surface area contributed by atoms with E-state index >= 15 is 0 Å². The molecule has 0 spiro atoms. The molecule has 1 saturated carbocycles. The predicted molar refractivity (Wildman–Crippen MR) is 59.6 cm³/mol. The smallest absolute Gasteiger partial charge is 0.0908 e. The molecule has 1 aliphatic carbocycles. The Bertz CT molecular complexity index is 257. The topological polar surface area (TPSA) is 23.8 Å². The molecule has 0 heterocycles. The number of rotatable bonds is 1. The van der Waals surface area contributed by atoms with E-state index in [4.69, 9.17) is 5.26 Å². The largest absolute Gasteiger partial charge is 0.193 e. The first-order valence-electron chi connectivity index (χ1n) is 5.56. The van der Waals surface area contributed by atoms with Crippen molar-refractivity contribution in [2.24, 2.45) is 23.2 Å². The van der Waals surface area contributed by atoms with Crippen molar-refractivity contribution in [3.8, 4) is 6.07 Å². The van der Waals surface area contributed by atoms with E-state index in [1.54, 1.807) is 6.08 Å². The van der Waals surface area contributed by atoms with Crippen molar-refractivity contribution in [1.82, 2.24) is 0 Å². The maximum absolute atomic E-state index is 8.58. The van der Waals surface area contributed by atoms with Gasteiger partial charge in [0, 0.05) is 6.08 Å². The summed E-state index contributed by atoms with van der Waals surface area (Å²) in [4.78, 5) is 0. The van der Waals surface area contributed by atoms with Gasteiger partial charge in [-0.15, -0.1) is 0 Å². The minimum absolute atomic E-state index is 0.338. The highest BCUT2D eigenvalue weighted by molar-refractivity contribution is 5.09. The second-order valence-electron chi connectivity index (χ2n) is 5.29. The average Bonchev–Trinajstić information content (AvgIpc) is 2.12. The van der Waals surface area contributed by atoms with Crippen LogP contribution in [0, 0.1) is 34.5 Å². The van der Waals surface area contributed by atoms with Crippen LogP contribution in [0.5, 0.6) is 0 Å². The van der Waals surface area contributed by atoms with E-state index in [-0.39, 0.29) is 0 Å². The molecule has 0 aromatic rings. The summed E-state index contributed by atoms with van der Waals surface area (Å²) in [6, 6.07) is 2.11. The standard InChI is InChI=1S/C13H21N/c1-10-7-8-11(2)13(3,4)12(10)6-5-9-14/h5-6,10-12H,7-8H2,1-4H3/b6-5+. The van der Waals surface area contributed by atoms with Crippen LogP contribution in [0.1, 0.15) is 40.5 Å². The zero-order valence-electron chi connectivity index (χ0n) is 9.75. The molecule has 1 rings (SSSR count). The molecular weight excluding hydrogens is 170 g/mol. The Balaban J connectivity index is 2.86. The van der Waals surface area contributed by atoms with Gasteiger partial charge in [-0.05, 0) is 36.0 Å². The van der Waals surface area contributed by atoms with Gasteiger partial charge in [-0.25, -0.2) is 0 Å². The molecule has 3 atom stereocenters. The van der Waals surface area contributed by atoms with Gasteiger partial charge in [0.05, 0.1) is 6.07 Å². The molecule has 0 amide bonds. The van der Waals surface area contributed by atoms with Gasteiger partial charge >= 0.3 is 0 Å². The van der Waals surface area contributed by atoms with Crippen LogP contribution < -0.4 is 0 Å². The molecule has 1 aliphatic rings. The number of hydrogen-bond acceptors (Lipinski definition) is 1. The lowest BCUT2D eigenvalue weighted by Crippen LogP contribution is -2.38. The van der Waals surface area contributed by atoms with Crippen molar-refractivity contribution in [1.29, 1.82) is 5.26 Å². The van der Waals surface area contributed by atoms with Crippen LogP contribution in [0.15, 0.2) is 12.2 Å². The van der Waals surface area contributed by atoms with E-state index in [0.29, 0.717) is 17.3 Å². The average molecular weight is 191 g/mol. The van der Waals surface area contributed by atoms with Gasteiger partial charge < -0.3 is 0 Å². The van der Waals surface area contributed by atoms with Gasteiger partial charge in [-0.2, -0.15) is 5.26 Å². The zero-order chi connectivity index (χ0) is 10.8. The third-order valence-electron chi connectivity index (χ3n) is 4.18. The molecule has 0 saturated heterocycles. The monoisotopic (exact) mass is 191 g/mol. The van der Waals surface area contributed by atoms with Crippen LogP contribution in [0.25, 0.3) is 0 Å². The summed E-state index contributed by atoms with van der Waals surface area (Å²) >= 11 is 0. The summed E-state index contributed by atoms with van der Waals surface area (Å²) in [6.45, 7) is 9.30. The lowest BCUT2D eigenvalue weighted by Gasteiger charge is -2.46. The van der Waals surface area contributed by atoms with Gasteiger partial charge in [0.2, 0.25) is 0 Å². The van der Waals surface area contributed by atoms with Crippen LogP contribution in [0.2, 0.25) is 0 Å². The fraction of sp³-hybridized carbons (Fsp3) is 0.769. The van der Waals surface area contributed by atoms with Gasteiger partial charge in [0.15, 0.2) is 0 Å². The Kier molecular flexibility index (Phi) is 3.37. The lowest BCUT2D eigenvalue weighted by atomic mass is 9.59. The number of allylic oxidation sites excluding steroid dienone is 2. The third-order valence-corrected chi connectivity index (χ3v) is 4.18. The van der Waals surface area contributed by atoms with Gasteiger partial charge in [0.25, 0.3) is 0 Å². The van der Waals surface area contributed by atoms with E-state index in [2.05, 4.69) is 39.8 Å². The summed E-state index contributed by atoms with van der Waals surface area (Å²) in [5.41, 5.74) is 0.338. The summed E-state index contributed by atoms with van der Waals surface area (Å²) in [7, 11) is 0. The van der Waals surface area contributed by atoms with Gasteiger partial charge in [-0.3, -0.25) is 0 Å². The van der Waals surface area contributed by atoms with Crippen LogP contribution in [0.3, 0.4) is 0 Å². The van der Waals surface area contributed by atoms with Crippen LogP contribution in [-0.4, -0.2) is 0 Å². The predicted octanol–water partition coefficient (Wildman–Crippen LogP) is 3.77. The first-order valence-corrected chi connectivity index (χ1v) is 5.56. The van der Waals surface area contributed by atoms with Crippen molar-refractivity contribution in [3.63, 3.8) is 0 Å². The number of nitriles is 1. The maximum Gasteiger partial charge on any atom is 0.0908 e. The van der Waals surface area contributed by atoms with Crippen LogP contribution in [0.4, 0.5) is 0 Å². The van der Waals surface area contributed by atoms with Crippen molar-refractivity contribution < 1.29 is 0 Å². The normalized spacial score (nSPS) is 36.9. The summed E-state index contributed by atoms with van der Waals surface area (Å²) in [5.74, 6) is 2.03. The van der Waals surface area contributed by atoms with E-state index in [0.717, 1.165) is 5.92 Å². The van der Waals surface area contributed by atoms with Crippen molar-refractivity contribution >= 4 is 0 Å². The Morgan fingerprint density at radius 3 is 2.50 bits per heavy atom. The van der Waals surface area contributed by atoms with E-state index in [1.807, 2.05) is 0 Å². The van der Waals surface area contributed by atoms with Crippen molar-refractivity contribution in [2.75, 3.05) is 0 Å². The Hall–Kier alpha value is -0.770. The molecule has 1 heteroatoms. The van der Waals surface area contributed by atoms with Crippen LogP contribution >= 0.6 is 0 Å². The first kappa shape index (κ1) is 11.3. The van der Waals surface area contributed by atoms with E-state index < -0.39 is 0 Å². The Morgan fingerprint density at radius 2 is 1.93 bits per heavy atom. The lowest BCUT2D eigenvalue weighted by molar-refractivity contribution is 0.0593. The van der Waals surface area contributed by atoms with Gasteiger partial charge in [0.1, 0.15) is 0 Å². The number of nitrogens with zero attached hydrogens (tertiary/aromatic N) is 1. The van der Waals surface area contributed by atoms with Crippen molar-refractivity contribution in [2.45, 2.75) is 40.5 Å². The molecule has 0 bridgehead atoms. The second kappa shape index (κ2) is 4.17. The highest BCUT2D eigenvalue weighted by Gasteiger charge is 2.39. The van der Waals surface area contributed by atoms with E-state index in [9.17, 15) is 0 Å². The first-order chi connectivity index (χ1) is 6.50. The highest BCUT2D eigenvalue weighted by atomic mass is 14.4. The molecule has 78 valence electrons. The molecular formula is C13H21N. The molecule has 0 aliphatic heterocycles. The second-order valence-corrected chi connectivity index (χ2v) is 5.29. The summed E-state index contributed by atoms with van der Waals surface area (Å²) < 4.78 is 0. The number of hydrogen-bond donors (Lipinski definition) is 0. The molecule has 0 aromatic carbocycles. The molecule has 0 N–H and O–H groups in total. The van der Waals surface area contributed by atoms with Crippen molar-refractivity contribution in [3.05, 3.63) is 12.2 Å². The Labute approximate surface area is 87.8 Å². The highest BCUT2D eigenvalue weighted by Crippen LogP contribution is 2.48. The van der Waals surface area contributed by atoms with Crippen LogP contribution in [-0.2, 0) is 0 Å². The molecule has 14 heavy (non-hydrogen) atoms. The fourth-order valence-electron chi connectivity index (χ4n) is 2.71. The van der Waals surface area contributed by atoms with E-state index in [1.165, 1.54) is 12.8 Å². The minimum atomic E-state index is 0.338. The fourth-order valence-corrected chi connectivity index (χ4v) is 2.71. The Morgan fingerprint density at radius 1 is 1.29 bits per heavy atom. The summed E-state index contributed by atoms with van der Waals surface area (Å²) in [6.07, 6.45) is 6.39. The maximum atomic E-state index is 8.58. The molecule has 1 nitrogen and oxygen atoms in total. The molecule has 0 aromatic heterocycles. The molecule has 0 radical (unpaired) electrons. The summed E-state index contributed by atoms with van der Waals surface area (Å²) in [5, 5.41) is 8.58. The zero-order valence-corrected chi connectivity index (χ0v) is 9.75. The molecule has 3 unspecified atom stereocenters. The SMILES string of the molecule is CC1CCC(C)C(C)(C)C1/C=C/C#N. The van der Waals surface area contributed by atoms with Gasteiger partial charge in [-0.1, -0.05) is 33.8 Å².